The predicted molar refractivity (Wildman–Crippen MR) is 78.2 cm³/mol. The molecule has 0 aromatic heterocycles. The first-order valence-electron chi connectivity index (χ1n) is 6.15. The monoisotopic (exact) mass is 289 g/mol. The van der Waals surface area contributed by atoms with E-state index in [0.717, 1.165) is 0 Å². The largest absolute Gasteiger partial charge is 0.497 e. The second kappa shape index (κ2) is 6.58. The van der Waals surface area contributed by atoms with Gasteiger partial charge in [0.1, 0.15) is 23.8 Å². The molecule has 0 aliphatic heterocycles. The number of nitrogen functional groups attached to an aromatic ring is 1. The van der Waals surface area contributed by atoms with E-state index in [-0.39, 0.29) is 18.0 Å². The molecule has 2 aromatic rings. The Labute approximate surface area is 121 Å². The van der Waals surface area contributed by atoms with Gasteiger partial charge in [-0.15, -0.1) is 0 Å². The molecule has 0 amide bonds. The molecule has 7 heteroatoms. The fourth-order valence-corrected chi connectivity index (χ4v) is 1.88. The van der Waals surface area contributed by atoms with Crippen molar-refractivity contribution < 1.29 is 14.4 Å². The van der Waals surface area contributed by atoms with E-state index < -0.39 is 4.92 Å². The van der Waals surface area contributed by atoms with Crippen molar-refractivity contribution in [1.29, 1.82) is 0 Å². The lowest BCUT2D eigenvalue weighted by molar-refractivity contribution is -0.384. The van der Waals surface area contributed by atoms with Crippen LogP contribution in [-0.4, -0.2) is 12.0 Å². The van der Waals surface area contributed by atoms with Crippen LogP contribution in [0.25, 0.3) is 0 Å². The van der Waals surface area contributed by atoms with Crippen LogP contribution >= 0.6 is 0 Å². The van der Waals surface area contributed by atoms with E-state index in [0.29, 0.717) is 17.1 Å². The number of nitrogens with two attached hydrogens (primary N) is 1. The number of benzene rings is 2. The number of nitrogens with one attached hydrogen (secondary N) is 1. The standard InChI is InChI=1S/C14H15N3O4/c1-20-11-5-3-6-12(8-11)21-9-10-4-2-7-13(17(18)19)14(10)16-15/h2-8,16H,9,15H2,1H3. The first-order chi connectivity index (χ1) is 10.2. The third-order valence-electron chi connectivity index (χ3n) is 2.91. The van der Waals surface area contributed by atoms with Crippen molar-refractivity contribution in [3.8, 4) is 11.5 Å². The number of hydrogen-bond acceptors (Lipinski definition) is 6. The topological polar surface area (TPSA) is 99.6 Å². The molecule has 0 aliphatic rings. The maximum absolute atomic E-state index is 10.9. The Kier molecular flexibility index (Phi) is 4.57. The molecule has 0 unspecified atom stereocenters. The van der Waals surface area contributed by atoms with Crippen LogP contribution in [0.15, 0.2) is 42.5 Å². The van der Waals surface area contributed by atoms with Gasteiger partial charge in [0.15, 0.2) is 0 Å². The summed E-state index contributed by atoms with van der Waals surface area (Å²) in [4.78, 5) is 10.4. The summed E-state index contributed by atoms with van der Waals surface area (Å²) in [7, 11) is 1.57. The van der Waals surface area contributed by atoms with Gasteiger partial charge in [0.25, 0.3) is 5.69 Å². The highest BCUT2D eigenvalue weighted by Crippen LogP contribution is 2.28. The van der Waals surface area contributed by atoms with E-state index in [9.17, 15) is 10.1 Å². The highest BCUT2D eigenvalue weighted by atomic mass is 16.6. The van der Waals surface area contributed by atoms with E-state index in [4.69, 9.17) is 15.3 Å². The molecule has 0 bridgehead atoms. The van der Waals surface area contributed by atoms with Crippen LogP contribution in [0.5, 0.6) is 11.5 Å². The number of nitrogens with zero attached hydrogens (tertiary/aromatic N) is 1. The number of anilines is 1. The molecule has 0 spiro atoms. The summed E-state index contributed by atoms with van der Waals surface area (Å²) in [6.07, 6.45) is 0. The fourth-order valence-electron chi connectivity index (χ4n) is 1.88. The minimum absolute atomic E-state index is 0.0933. The van der Waals surface area contributed by atoms with Gasteiger partial charge in [0.2, 0.25) is 0 Å². The summed E-state index contributed by atoms with van der Waals surface area (Å²) in [5, 5.41) is 10.9. The van der Waals surface area contributed by atoms with E-state index in [1.54, 1.807) is 43.5 Å². The second-order valence-electron chi connectivity index (χ2n) is 4.18. The van der Waals surface area contributed by atoms with Crippen LogP contribution in [0, 0.1) is 10.1 Å². The summed E-state index contributed by atoms with van der Waals surface area (Å²) < 4.78 is 10.7. The van der Waals surface area contributed by atoms with Gasteiger partial charge in [0, 0.05) is 17.7 Å². The van der Waals surface area contributed by atoms with E-state index in [2.05, 4.69) is 5.43 Å². The van der Waals surface area contributed by atoms with Gasteiger partial charge in [-0.3, -0.25) is 16.0 Å². The number of rotatable bonds is 6. The van der Waals surface area contributed by atoms with E-state index in [1.165, 1.54) is 6.07 Å². The maximum Gasteiger partial charge on any atom is 0.294 e. The van der Waals surface area contributed by atoms with Crippen LogP contribution in [0.4, 0.5) is 11.4 Å². The van der Waals surface area contributed by atoms with Gasteiger partial charge in [-0.05, 0) is 12.1 Å². The molecule has 2 rings (SSSR count). The number of ether oxygens (including phenoxy) is 2. The molecule has 0 radical (unpaired) electrons. The van der Waals surface area contributed by atoms with E-state index >= 15 is 0 Å². The quantitative estimate of drug-likeness (QED) is 0.481. The lowest BCUT2D eigenvalue weighted by Gasteiger charge is -2.11. The summed E-state index contributed by atoms with van der Waals surface area (Å²) >= 11 is 0. The molecular weight excluding hydrogens is 274 g/mol. The van der Waals surface area contributed by atoms with Crippen molar-refractivity contribution in [3.05, 3.63) is 58.1 Å². The normalized spacial score (nSPS) is 10.0. The first kappa shape index (κ1) is 14.6. The molecule has 0 heterocycles. The lowest BCUT2D eigenvalue weighted by atomic mass is 10.1. The number of methoxy groups -OCH3 is 1. The number of hydrogen-bond donors (Lipinski definition) is 2. The fraction of sp³-hybridized carbons (Fsp3) is 0.143. The van der Waals surface area contributed by atoms with Crippen molar-refractivity contribution in [2.24, 2.45) is 5.84 Å². The zero-order valence-electron chi connectivity index (χ0n) is 11.4. The van der Waals surface area contributed by atoms with Crippen molar-refractivity contribution in [2.75, 3.05) is 12.5 Å². The van der Waals surface area contributed by atoms with Crippen LogP contribution in [-0.2, 0) is 6.61 Å². The van der Waals surface area contributed by atoms with Crippen LogP contribution < -0.4 is 20.7 Å². The smallest absolute Gasteiger partial charge is 0.294 e. The van der Waals surface area contributed by atoms with Gasteiger partial charge in [0.05, 0.1) is 12.0 Å². The molecule has 2 aromatic carbocycles. The zero-order chi connectivity index (χ0) is 15.2. The number of hydrazine groups is 1. The third kappa shape index (κ3) is 3.40. The van der Waals surface area contributed by atoms with Crippen LogP contribution in [0.2, 0.25) is 0 Å². The molecule has 0 atom stereocenters. The average molecular weight is 289 g/mol. The second-order valence-corrected chi connectivity index (χ2v) is 4.18. The van der Waals surface area contributed by atoms with Gasteiger partial charge >= 0.3 is 0 Å². The third-order valence-corrected chi connectivity index (χ3v) is 2.91. The summed E-state index contributed by atoms with van der Waals surface area (Å²) in [5.41, 5.74) is 3.10. The Hall–Kier alpha value is -2.80. The van der Waals surface area contributed by atoms with Crippen molar-refractivity contribution in [1.82, 2.24) is 0 Å². The summed E-state index contributed by atoms with van der Waals surface area (Å²) in [5.74, 6) is 6.64. The van der Waals surface area contributed by atoms with Crippen LogP contribution in [0.1, 0.15) is 5.56 Å². The predicted octanol–water partition coefficient (Wildman–Crippen LogP) is 2.47. The number of para-hydroxylation sites is 1. The summed E-state index contributed by atoms with van der Waals surface area (Å²) in [6.45, 7) is 0.147. The van der Waals surface area contributed by atoms with Crippen molar-refractivity contribution in [3.63, 3.8) is 0 Å². The minimum atomic E-state index is -0.496. The van der Waals surface area contributed by atoms with Gasteiger partial charge in [-0.1, -0.05) is 18.2 Å². The molecule has 0 saturated carbocycles. The molecule has 3 N–H and O–H groups in total. The molecule has 0 saturated heterocycles. The molecule has 21 heavy (non-hydrogen) atoms. The minimum Gasteiger partial charge on any atom is -0.497 e. The average Bonchev–Trinajstić information content (AvgIpc) is 2.52. The molecule has 110 valence electrons. The molecular formula is C14H15N3O4. The maximum atomic E-state index is 10.9. The Balaban J connectivity index is 2.19. The number of nitro groups is 1. The summed E-state index contributed by atoms with van der Waals surface area (Å²) in [6, 6.07) is 11.8. The Morgan fingerprint density at radius 3 is 2.62 bits per heavy atom. The SMILES string of the molecule is COc1cccc(OCc2cccc([N+](=O)[O-])c2NN)c1. The highest BCUT2D eigenvalue weighted by Gasteiger charge is 2.16. The van der Waals surface area contributed by atoms with Gasteiger partial charge in [-0.2, -0.15) is 0 Å². The first-order valence-corrected chi connectivity index (χ1v) is 6.15. The van der Waals surface area contributed by atoms with Gasteiger partial charge < -0.3 is 14.9 Å². The van der Waals surface area contributed by atoms with Gasteiger partial charge in [-0.25, -0.2) is 0 Å². The van der Waals surface area contributed by atoms with E-state index in [1.807, 2.05) is 0 Å². The van der Waals surface area contributed by atoms with Crippen molar-refractivity contribution >= 4 is 11.4 Å². The Morgan fingerprint density at radius 1 is 1.24 bits per heavy atom. The zero-order valence-corrected chi connectivity index (χ0v) is 11.4. The molecule has 0 fully saturated rings. The van der Waals surface area contributed by atoms with Crippen LogP contribution in [0.3, 0.4) is 0 Å². The lowest BCUT2D eigenvalue weighted by Crippen LogP contribution is -2.12. The molecule has 0 aliphatic carbocycles. The highest BCUT2D eigenvalue weighted by molar-refractivity contribution is 5.65. The Morgan fingerprint density at radius 2 is 1.95 bits per heavy atom. The number of nitro benzene ring substituents is 1. The molecule has 7 nitrogen and oxygen atoms in total. The van der Waals surface area contributed by atoms with Crippen molar-refractivity contribution in [2.45, 2.75) is 6.61 Å². The Bertz CT molecular complexity index is 646.